The number of rotatable bonds is 5. The predicted octanol–water partition coefficient (Wildman–Crippen LogP) is 4.97. The van der Waals surface area contributed by atoms with E-state index in [0.29, 0.717) is 34.6 Å². The summed E-state index contributed by atoms with van der Waals surface area (Å²) in [6, 6.07) is 1.91. The van der Waals surface area contributed by atoms with Gasteiger partial charge in [-0.05, 0) is 28.4 Å². The van der Waals surface area contributed by atoms with Crippen molar-refractivity contribution < 1.29 is 4.42 Å². The first-order valence-corrected chi connectivity index (χ1v) is 10.2. The molecule has 8 heteroatoms. The summed E-state index contributed by atoms with van der Waals surface area (Å²) in [5.74, 6) is 0. The number of nitrogens with zero attached hydrogens (tertiary/aromatic N) is 5. The van der Waals surface area contributed by atoms with Crippen molar-refractivity contribution in [1.29, 1.82) is 0 Å². The highest BCUT2D eigenvalue weighted by Gasteiger charge is 2.20. The Morgan fingerprint density at radius 1 is 1.14 bits per heavy atom. The van der Waals surface area contributed by atoms with Gasteiger partial charge in [0.2, 0.25) is 5.71 Å². The Hall–Kier alpha value is -2.61. The molecule has 0 atom stereocenters. The van der Waals surface area contributed by atoms with Crippen LogP contribution in [0.5, 0.6) is 0 Å². The van der Waals surface area contributed by atoms with Crippen LogP contribution in [0.25, 0.3) is 33.5 Å². The van der Waals surface area contributed by atoms with E-state index >= 15 is 0 Å². The van der Waals surface area contributed by atoms with Crippen LogP contribution in [0.15, 0.2) is 44.7 Å². The molecule has 0 saturated carbocycles. The zero-order valence-electron chi connectivity index (χ0n) is 16.1. The number of hydrogen-bond donors (Lipinski definition) is 0. The molecule has 0 fully saturated rings. The maximum atomic E-state index is 12.8. The van der Waals surface area contributed by atoms with Crippen LogP contribution in [0.1, 0.15) is 40.0 Å². The smallest absolute Gasteiger partial charge is 0.348 e. The van der Waals surface area contributed by atoms with Gasteiger partial charge in [0.15, 0.2) is 5.58 Å². The summed E-state index contributed by atoms with van der Waals surface area (Å²) in [5, 5.41) is 0.781. The summed E-state index contributed by atoms with van der Waals surface area (Å²) < 4.78 is 8.49. The van der Waals surface area contributed by atoms with Crippen molar-refractivity contribution in [3.05, 3.63) is 45.9 Å². The van der Waals surface area contributed by atoms with E-state index in [-0.39, 0.29) is 5.69 Å². The Morgan fingerprint density at radius 2 is 1.89 bits per heavy atom. The van der Waals surface area contributed by atoms with E-state index in [1.54, 1.807) is 23.2 Å². The minimum absolute atomic E-state index is 0.310. The standard InChI is InChI=1S/C18H16BrN5O2.C2H6/c1-2-3-4-5-24-15-13-6-12(19)9-22-17(13)26-16(15)14(23-18(24)25)11-7-20-10-21-8-11;1-2/h6-10H,2-5H2,1H3;1-2H3. The molecular weight excluding hydrogens is 422 g/mol. The fourth-order valence-electron chi connectivity index (χ4n) is 3.02. The Kier molecular flexibility index (Phi) is 6.51. The van der Waals surface area contributed by atoms with Crippen LogP contribution >= 0.6 is 15.9 Å². The molecule has 0 unspecified atom stereocenters. The van der Waals surface area contributed by atoms with Crippen LogP contribution in [-0.4, -0.2) is 24.5 Å². The highest BCUT2D eigenvalue weighted by atomic mass is 79.9. The van der Waals surface area contributed by atoms with Gasteiger partial charge < -0.3 is 4.42 Å². The van der Waals surface area contributed by atoms with Crippen LogP contribution in [0.3, 0.4) is 0 Å². The number of aromatic nitrogens is 5. The van der Waals surface area contributed by atoms with Crippen LogP contribution in [0.4, 0.5) is 0 Å². The molecule has 4 aromatic rings. The second-order valence-electron chi connectivity index (χ2n) is 6.01. The lowest BCUT2D eigenvalue weighted by molar-refractivity contribution is 0.588. The van der Waals surface area contributed by atoms with Gasteiger partial charge >= 0.3 is 5.69 Å². The van der Waals surface area contributed by atoms with Gasteiger partial charge in [0, 0.05) is 35.2 Å². The van der Waals surface area contributed by atoms with Gasteiger partial charge in [0.1, 0.15) is 17.5 Å². The predicted molar refractivity (Wildman–Crippen MR) is 113 cm³/mol. The normalized spacial score (nSPS) is 10.9. The van der Waals surface area contributed by atoms with E-state index in [9.17, 15) is 4.79 Å². The van der Waals surface area contributed by atoms with Crippen molar-refractivity contribution in [2.75, 3.05) is 0 Å². The summed E-state index contributed by atoms with van der Waals surface area (Å²) in [6.45, 7) is 6.71. The van der Waals surface area contributed by atoms with E-state index < -0.39 is 0 Å². The number of aryl methyl sites for hydroxylation is 1. The number of pyridine rings is 1. The molecule has 0 spiro atoms. The van der Waals surface area contributed by atoms with Gasteiger partial charge in [-0.1, -0.05) is 33.6 Å². The third-order valence-corrected chi connectivity index (χ3v) is 4.66. The van der Waals surface area contributed by atoms with Crippen LogP contribution < -0.4 is 5.69 Å². The van der Waals surface area contributed by atoms with Gasteiger partial charge in [-0.2, -0.15) is 4.98 Å². The van der Waals surface area contributed by atoms with Gasteiger partial charge in [-0.25, -0.2) is 19.7 Å². The van der Waals surface area contributed by atoms with Crippen molar-refractivity contribution in [3.8, 4) is 11.3 Å². The molecule has 0 N–H and O–H groups in total. The van der Waals surface area contributed by atoms with E-state index in [1.165, 1.54) is 6.33 Å². The second-order valence-corrected chi connectivity index (χ2v) is 6.93. The zero-order valence-corrected chi connectivity index (χ0v) is 17.7. The quantitative estimate of drug-likeness (QED) is 0.404. The lowest BCUT2D eigenvalue weighted by Gasteiger charge is -2.08. The SMILES string of the molecule is CC.CCCCCn1c(=O)nc(-c2cncnc2)c2oc3ncc(Br)cc3c21. The third-order valence-electron chi connectivity index (χ3n) is 4.23. The molecule has 0 aliphatic carbocycles. The molecule has 28 heavy (non-hydrogen) atoms. The molecule has 146 valence electrons. The maximum Gasteiger partial charge on any atom is 0.348 e. The lowest BCUT2D eigenvalue weighted by Crippen LogP contribution is -2.24. The van der Waals surface area contributed by atoms with Gasteiger partial charge in [0.25, 0.3) is 0 Å². The Morgan fingerprint density at radius 3 is 2.61 bits per heavy atom. The monoisotopic (exact) mass is 443 g/mol. The molecule has 7 nitrogen and oxygen atoms in total. The third kappa shape index (κ3) is 3.82. The molecule has 0 radical (unpaired) electrons. The summed E-state index contributed by atoms with van der Waals surface area (Å²) >= 11 is 3.45. The van der Waals surface area contributed by atoms with Crippen molar-refractivity contribution >= 4 is 38.1 Å². The average Bonchev–Trinajstić information content (AvgIpc) is 3.10. The number of fused-ring (bicyclic) bond motifs is 3. The highest BCUT2D eigenvalue weighted by Crippen LogP contribution is 2.33. The maximum absolute atomic E-state index is 12.8. The molecular formula is C20H22BrN5O2. The van der Waals surface area contributed by atoms with E-state index in [4.69, 9.17) is 4.42 Å². The van der Waals surface area contributed by atoms with Crippen LogP contribution in [0.2, 0.25) is 0 Å². The Balaban J connectivity index is 0.00000109. The van der Waals surface area contributed by atoms with Crippen molar-refractivity contribution in [3.63, 3.8) is 0 Å². The molecule has 0 amide bonds. The highest BCUT2D eigenvalue weighted by molar-refractivity contribution is 9.10. The molecule has 4 rings (SSSR count). The number of furan rings is 1. The Bertz CT molecular complexity index is 1140. The summed E-state index contributed by atoms with van der Waals surface area (Å²) in [7, 11) is 0. The van der Waals surface area contributed by atoms with Crippen molar-refractivity contribution in [2.24, 2.45) is 0 Å². The van der Waals surface area contributed by atoms with Crippen LogP contribution in [-0.2, 0) is 6.54 Å². The fourth-order valence-corrected chi connectivity index (χ4v) is 3.35. The zero-order chi connectivity index (χ0) is 20.1. The van der Waals surface area contributed by atoms with Gasteiger partial charge in [-0.15, -0.1) is 0 Å². The molecule has 4 aromatic heterocycles. The molecule has 0 saturated heterocycles. The largest absolute Gasteiger partial charge is 0.434 e. The summed E-state index contributed by atoms with van der Waals surface area (Å²) in [4.78, 5) is 29.4. The van der Waals surface area contributed by atoms with Gasteiger partial charge in [0.05, 0.1) is 5.39 Å². The lowest BCUT2D eigenvalue weighted by atomic mass is 10.2. The van der Waals surface area contributed by atoms with E-state index in [2.05, 4.69) is 42.8 Å². The van der Waals surface area contributed by atoms with Crippen LogP contribution in [0, 0.1) is 0 Å². The van der Waals surface area contributed by atoms with E-state index in [1.807, 2.05) is 19.9 Å². The first-order chi connectivity index (χ1) is 13.7. The minimum Gasteiger partial charge on any atom is -0.434 e. The minimum atomic E-state index is -0.310. The molecule has 0 aliphatic heterocycles. The summed E-state index contributed by atoms with van der Waals surface area (Å²) in [5.41, 5.74) is 2.47. The Labute approximate surface area is 171 Å². The number of halogens is 1. The molecule has 0 aliphatic rings. The first-order valence-electron chi connectivity index (χ1n) is 9.43. The molecule has 4 heterocycles. The second kappa shape index (κ2) is 9.05. The molecule has 0 aromatic carbocycles. The number of unbranched alkanes of at least 4 members (excludes halogenated alkanes) is 2. The topological polar surface area (TPSA) is 86.7 Å². The molecule has 0 bridgehead atoms. The average molecular weight is 444 g/mol. The summed E-state index contributed by atoms with van der Waals surface area (Å²) in [6.07, 6.45) is 9.35. The van der Waals surface area contributed by atoms with Crippen molar-refractivity contribution in [1.82, 2.24) is 24.5 Å². The van der Waals surface area contributed by atoms with E-state index in [0.717, 1.165) is 29.1 Å². The fraction of sp³-hybridized carbons (Fsp3) is 0.350. The first kappa shape index (κ1) is 20.1. The number of hydrogen-bond acceptors (Lipinski definition) is 6. The van der Waals surface area contributed by atoms with Gasteiger partial charge in [-0.3, -0.25) is 4.57 Å². The van der Waals surface area contributed by atoms with Crippen molar-refractivity contribution in [2.45, 2.75) is 46.6 Å².